The van der Waals surface area contributed by atoms with Gasteiger partial charge in [-0.1, -0.05) is 123 Å². The Morgan fingerprint density at radius 3 is 1.62 bits per heavy atom. The van der Waals surface area contributed by atoms with Crippen LogP contribution in [0.2, 0.25) is 0 Å². The van der Waals surface area contributed by atoms with Crippen molar-refractivity contribution in [1.29, 1.82) is 0 Å². The summed E-state index contributed by atoms with van der Waals surface area (Å²) in [5.74, 6) is 0. The molecule has 0 fully saturated rings. The van der Waals surface area contributed by atoms with Gasteiger partial charge in [0.1, 0.15) is 0 Å². The summed E-state index contributed by atoms with van der Waals surface area (Å²) in [6.45, 7) is 4.72. The van der Waals surface area contributed by atoms with Gasteiger partial charge in [-0.15, -0.1) is 0 Å². The van der Waals surface area contributed by atoms with Gasteiger partial charge in [0, 0.05) is 5.41 Å². The Labute approximate surface area is 216 Å². The fraction of sp³-hybridized carbons (Fsp3) is 0.0811. The van der Waals surface area contributed by atoms with Gasteiger partial charge in [0.15, 0.2) is 0 Å². The summed E-state index contributed by atoms with van der Waals surface area (Å²) < 4.78 is 0. The molecule has 1 aliphatic carbocycles. The van der Waals surface area contributed by atoms with Crippen molar-refractivity contribution < 1.29 is 0 Å². The molecule has 174 valence electrons. The Bertz CT molecular complexity index is 2060. The summed E-state index contributed by atoms with van der Waals surface area (Å²) in [5, 5.41) is 10.6. The highest BCUT2D eigenvalue weighted by molar-refractivity contribution is 6.33. The number of hydrogen-bond donors (Lipinski definition) is 0. The lowest BCUT2D eigenvalue weighted by Crippen LogP contribution is -2.14. The summed E-state index contributed by atoms with van der Waals surface area (Å²) >= 11 is 0. The molecule has 0 N–H and O–H groups in total. The molecule has 0 unspecified atom stereocenters. The highest BCUT2D eigenvalue weighted by atomic mass is 14.4. The molecule has 0 amide bonds. The highest BCUT2D eigenvalue weighted by Crippen LogP contribution is 2.50. The second kappa shape index (κ2) is 7.31. The van der Waals surface area contributed by atoms with E-state index in [9.17, 15) is 0 Å². The Morgan fingerprint density at radius 1 is 0.378 bits per heavy atom. The summed E-state index contributed by atoms with van der Waals surface area (Å²) in [5.41, 5.74) is 8.15. The van der Waals surface area contributed by atoms with Crippen LogP contribution in [0.3, 0.4) is 0 Å². The largest absolute Gasteiger partial charge is 0.0619 e. The molecule has 0 bridgehead atoms. The van der Waals surface area contributed by atoms with Crippen LogP contribution in [0.25, 0.3) is 65.3 Å². The van der Waals surface area contributed by atoms with Crippen LogP contribution >= 0.6 is 0 Å². The second-order valence-corrected chi connectivity index (χ2v) is 10.9. The summed E-state index contributed by atoms with van der Waals surface area (Å²) in [6.07, 6.45) is 0. The molecule has 0 aromatic heterocycles. The fourth-order valence-electron chi connectivity index (χ4n) is 6.88. The van der Waals surface area contributed by atoms with Crippen molar-refractivity contribution in [2.45, 2.75) is 19.3 Å². The molecule has 0 aliphatic heterocycles. The van der Waals surface area contributed by atoms with Crippen molar-refractivity contribution in [2.75, 3.05) is 0 Å². The molecule has 0 saturated carbocycles. The van der Waals surface area contributed by atoms with Crippen molar-refractivity contribution in [3.05, 3.63) is 132 Å². The average Bonchev–Trinajstić information content (AvgIpc) is 3.18. The third kappa shape index (κ3) is 2.73. The van der Waals surface area contributed by atoms with Crippen LogP contribution in [-0.4, -0.2) is 0 Å². The minimum absolute atomic E-state index is 0.0164. The topological polar surface area (TPSA) is 0 Å². The van der Waals surface area contributed by atoms with E-state index in [2.05, 4.69) is 135 Å². The average molecular weight is 471 g/mol. The van der Waals surface area contributed by atoms with Crippen molar-refractivity contribution in [2.24, 2.45) is 0 Å². The lowest BCUT2D eigenvalue weighted by Gasteiger charge is -2.22. The maximum atomic E-state index is 2.45. The van der Waals surface area contributed by atoms with Crippen molar-refractivity contribution in [3.8, 4) is 22.3 Å². The maximum Gasteiger partial charge on any atom is 0.0159 e. The summed E-state index contributed by atoms with van der Waals surface area (Å²) in [4.78, 5) is 0. The normalized spacial score (nSPS) is 13.9. The molecule has 7 aromatic carbocycles. The Balaban J connectivity index is 1.50. The zero-order valence-corrected chi connectivity index (χ0v) is 21.0. The van der Waals surface area contributed by atoms with Gasteiger partial charge in [-0.25, -0.2) is 0 Å². The number of fused-ring (bicyclic) bond motifs is 11. The molecule has 0 atom stereocenters. The van der Waals surface area contributed by atoms with E-state index in [1.54, 1.807) is 0 Å². The minimum atomic E-state index is -0.0164. The van der Waals surface area contributed by atoms with E-state index in [1.807, 2.05) is 0 Å². The van der Waals surface area contributed by atoms with Gasteiger partial charge in [-0.3, -0.25) is 0 Å². The molecule has 0 heteroatoms. The number of benzene rings is 7. The Morgan fingerprint density at radius 2 is 0.892 bits per heavy atom. The van der Waals surface area contributed by atoms with Gasteiger partial charge in [0.25, 0.3) is 0 Å². The van der Waals surface area contributed by atoms with Crippen LogP contribution in [-0.2, 0) is 5.41 Å². The molecular weight excluding hydrogens is 444 g/mol. The first-order valence-corrected chi connectivity index (χ1v) is 13.1. The maximum absolute atomic E-state index is 2.45. The van der Waals surface area contributed by atoms with E-state index in [1.165, 1.54) is 76.5 Å². The third-order valence-electron chi connectivity index (χ3n) is 8.64. The third-order valence-corrected chi connectivity index (χ3v) is 8.64. The van der Waals surface area contributed by atoms with Crippen molar-refractivity contribution in [3.63, 3.8) is 0 Å². The monoisotopic (exact) mass is 470 g/mol. The van der Waals surface area contributed by atoms with Crippen LogP contribution in [0, 0.1) is 0 Å². The molecule has 0 radical (unpaired) electrons. The van der Waals surface area contributed by atoms with Crippen LogP contribution in [0.1, 0.15) is 25.0 Å². The van der Waals surface area contributed by atoms with Gasteiger partial charge < -0.3 is 0 Å². The van der Waals surface area contributed by atoms with Crippen LogP contribution in [0.15, 0.2) is 121 Å². The first-order chi connectivity index (χ1) is 18.1. The summed E-state index contributed by atoms with van der Waals surface area (Å²) in [6, 6.07) is 45.1. The van der Waals surface area contributed by atoms with Gasteiger partial charge in [-0.2, -0.15) is 0 Å². The van der Waals surface area contributed by atoms with E-state index in [-0.39, 0.29) is 5.41 Å². The lowest BCUT2D eigenvalue weighted by atomic mass is 9.81. The molecule has 0 heterocycles. The molecule has 0 saturated heterocycles. The van der Waals surface area contributed by atoms with Crippen LogP contribution < -0.4 is 0 Å². The molecule has 8 rings (SSSR count). The molecule has 7 aromatic rings. The van der Waals surface area contributed by atoms with Gasteiger partial charge in [-0.05, 0) is 88.6 Å². The smallest absolute Gasteiger partial charge is 0.0159 e. The molecular formula is C37H26. The highest BCUT2D eigenvalue weighted by Gasteiger charge is 2.35. The van der Waals surface area contributed by atoms with E-state index in [0.29, 0.717) is 0 Å². The van der Waals surface area contributed by atoms with E-state index in [0.717, 1.165) is 0 Å². The first-order valence-electron chi connectivity index (χ1n) is 13.1. The zero-order chi connectivity index (χ0) is 24.7. The zero-order valence-electron chi connectivity index (χ0n) is 21.0. The van der Waals surface area contributed by atoms with E-state index >= 15 is 0 Å². The van der Waals surface area contributed by atoms with E-state index in [4.69, 9.17) is 0 Å². The first kappa shape index (κ1) is 20.7. The Kier molecular flexibility index (Phi) is 4.10. The SMILES string of the molecule is CC1(C)c2ccccc2-c2ccc(-c3cc4c5ccccc5c5ccccc5c4c4ccccc34)cc21. The standard InChI is InChI=1S/C37H26/c1-37(2)34-18-10-9-15-28(34)29-20-19-23(21-35(29)37)32-22-33-26-13-4-3-11-24(26)25-12-5-7-16-30(25)36(33)31-17-8-6-14-27(31)32/h3-22H,1-2H3. The lowest BCUT2D eigenvalue weighted by molar-refractivity contribution is 0.660. The van der Waals surface area contributed by atoms with Crippen LogP contribution in [0.5, 0.6) is 0 Å². The molecule has 0 spiro atoms. The van der Waals surface area contributed by atoms with Gasteiger partial charge in [0.05, 0.1) is 0 Å². The van der Waals surface area contributed by atoms with Crippen LogP contribution in [0.4, 0.5) is 0 Å². The van der Waals surface area contributed by atoms with Gasteiger partial charge >= 0.3 is 0 Å². The van der Waals surface area contributed by atoms with E-state index < -0.39 is 0 Å². The number of hydrogen-bond acceptors (Lipinski definition) is 0. The second-order valence-electron chi connectivity index (χ2n) is 10.9. The fourth-order valence-corrected chi connectivity index (χ4v) is 6.88. The molecule has 37 heavy (non-hydrogen) atoms. The van der Waals surface area contributed by atoms with Crippen molar-refractivity contribution >= 4 is 43.1 Å². The minimum Gasteiger partial charge on any atom is -0.0619 e. The quantitative estimate of drug-likeness (QED) is 0.209. The van der Waals surface area contributed by atoms with Gasteiger partial charge in [0.2, 0.25) is 0 Å². The predicted octanol–water partition coefficient (Wildman–Crippen LogP) is 10.3. The predicted molar refractivity (Wildman–Crippen MR) is 159 cm³/mol. The van der Waals surface area contributed by atoms with Crippen molar-refractivity contribution in [1.82, 2.24) is 0 Å². The molecule has 0 nitrogen and oxygen atoms in total. The number of rotatable bonds is 1. The summed E-state index contributed by atoms with van der Waals surface area (Å²) in [7, 11) is 0. The Hall–Kier alpha value is -4.42. The molecule has 1 aliphatic rings.